The van der Waals surface area contributed by atoms with Crippen molar-refractivity contribution >= 4 is 57.9 Å². The van der Waals surface area contributed by atoms with E-state index in [1.165, 1.54) is 43.5 Å². The number of nitro groups is 1. The molecule has 0 saturated carbocycles. The normalized spacial score (nSPS) is 13.7. The van der Waals surface area contributed by atoms with Gasteiger partial charge in [0.15, 0.2) is 18.1 Å². The maximum absolute atomic E-state index is 12.9. The van der Waals surface area contributed by atoms with Crippen molar-refractivity contribution in [2.75, 3.05) is 30.9 Å². The average Bonchev–Trinajstić information content (AvgIpc) is 3.18. The van der Waals surface area contributed by atoms with E-state index in [-0.39, 0.29) is 27.8 Å². The molecule has 0 aliphatic carbocycles. The molecular weight excluding hydrogens is 564 g/mol. The van der Waals surface area contributed by atoms with Crippen LogP contribution in [0.15, 0.2) is 65.6 Å². The minimum Gasteiger partial charge on any atom is -0.493 e. The Morgan fingerprint density at radius 1 is 0.952 bits per heavy atom. The highest BCUT2D eigenvalue weighted by Gasteiger charge is 2.36. The number of nitrogens with one attached hydrogen (secondary N) is 2. The number of thioether (sulfide) groups is 1. The van der Waals surface area contributed by atoms with Crippen LogP contribution >= 0.6 is 11.8 Å². The Hall–Kier alpha value is -5.17. The number of non-ortho nitro benzene ring substituents is 1. The fourth-order valence-corrected chi connectivity index (χ4v) is 4.95. The Bertz CT molecular complexity index is 1600. The van der Waals surface area contributed by atoms with E-state index in [2.05, 4.69) is 10.6 Å². The van der Waals surface area contributed by atoms with Crippen LogP contribution in [-0.4, -0.2) is 53.0 Å². The molecule has 12 nitrogen and oxygen atoms in total. The Morgan fingerprint density at radius 3 is 2.36 bits per heavy atom. The van der Waals surface area contributed by atoms with E-state index in [0.29, 0.717) is 23.0 Å². The predicted molar refractivity (Wildman–Crippen MR) is 157 cm³/mol. The number of imide groups is 1. The minimum absolute atomic E-state index is 0.131. The lowest BCUT2D eigenvalue weighted by Crippen LogP contribution is -2.36. The number of methoxy groups -OCH3 is 1. The number of ether oxygens (including phenoxy) is 2. The maximum atomic E-state index is 12.9. The molecule has 13 heteroatoms. The molecule has 3 aromatic carbocycles. The molecule has 4 amide bonds. The highest BCUT2D eigenvalue weighted by Crippen LogP contribution is 2.34. The van der Waals surface area contributed by atoms with E-state index in [4.69, 9.17) is 9.47 Å². The highest BCUT2D eigenvalue weighted by atomic mass is 32.2. The lowest BCUT2D eigenvalue weighted by atomic mass is 10.1. The van der Waals surface area contributed by atoms with Gasteiger partial charge >= 0.3 is 0 Å². The Labute approximate surface area is 244 Å². The van der Waals surface area contributed by atoms with Gasteiger partial charge in [0.05, 0.1) is 16.9 Å². The molecule has 216 valence electrons. The zero-order valence-electron chi connectivity index (χ0n) is 22.8. The number of carbonyl (C=O) groups excluding carboxylic acids is 4. The summed E-state index contributed by atoms with van der Waals surface area (Å²) in [5.74, 6) is -1.14. The third-order valence-electron chi connectivity index (χ3n) is 5.87. The van der Waals surface area contributed by atoms with Gasteiger partial charge in [-0.2, -0.15) is 0 Å². The Morgan fingerprint density at radius 2 is 1.67 bits per heavy atom. The molecule has 0 unspecified atom stereocenters. The van der Waals surface area contributed by atoms with E-state index in [1.54, 1.807) is 24.3 Å². The molecule has 42 heavy (non-hydrogen) atoms. The second kappa shape index (κ2) is 13.0. The molecular formula is C29H26N4O8S. The van der Waals surface area contributed by atoms with E-state index >= 15 is 0 Å². The predicted octanol–water partition coefficient (Wildman–Crippen LogP) is 4.91. The molecule has 1 fully saturated rings. The molecule has 0 aromatic heterocycles. The first-order valence-corrected chi connectivity index (χ1v) is 13.3. The number of benzene rings is 3. The first-order valence-electron chi connectivity index (χ1n) is 12.5. The Kier molecular flexibility index (Phi) is 9.22. The smallest absolute Gasteiger partial charge is 0.294 e. The fraction of sp³-hybridized carbons (Fsp3) is 0.172. The van der Waals surface area contributed by atoms with Crippen LogP contribution in [-0.2, 0) is 14.4 Å². The van der Waals surface area contributed by atoms with Crippen LogP contribution in [0.1, 0.15) is 16.7 Å². The quantitative estimate of drug-likeness (QED) is 0.190. The number of amides is 4. The van der Waals surface area contributed by atoms with Crippen LogP contribution in [0, 0.1) is 24.0 Å². The monoisotopic (exact) mass is 590 g/mol. The van der Waals surface area contributed by atoms with E-state index in [0.717, 1.165) is 16.0 Å². The molecule has 0 spiro atoms. The van der Waals surface area contributed by atoms with E-state index in [9.17, 15) is 29.3 Å². The summed E-state index contributed by atoms with van der Waals surface area (Å²) in [5.41, 5.74) is 3.12. The van der Waals surface area contributed by atoms with Crippen molar-refractivity contribution in [1.29, 1.82) is 0 Å². The van der Waals surface area contributed by atoms with Gasteiger partial charge in [-0.1, -0.05) is 18.2 Å². The van der Waals surface area contributed by atoms with Crippen LogP contribution < -0.4 is 20.1 Å². The Balaban J connectivity index is 1.38. The van der Waals surface area contributed by atoms with Crippen molar-refractivity contribution < 1.29 is 33.6 Å². The molecule has 4 rings (SSSR count). The van der Waals surface area contributed by atoms with Gasteiger partial charge in [-0.15, -0.1) is 0 Å². The molecule has 1 saturated heterocycles. The van der Waals surface area contributed by atoms with Crippen molar-refractivity contribution in [3.8, 4) is 11.5 Å². The third-order valence-corrected chi connectivity index (χ3v) is 6.77. The van der Waals surface area contributed by atoms with Crippen LogP contribution in [0.25, 0.3) is 6.08 Å². The second-order valence-electron chi connectivity index (χ2n) is 9.25. The number of hydrogen-bond donors (Lipinski definition) is 2. The number of nitrogens with zero attached hydrogens (tertiary/aromatic N) is 2. The van der Waals surface area contributed by atoms with Crippen LogP contribution in [0.5, 0.6) is 11.5 Å². The van der Waals surface area contributed by atoms with Crippen LogP contribution in [0.3, 0.4) is 0 Å². The van der Waals surface area contributed by atoms with Crippen LogP contribution in [0.4, 0.5) is 21.9 Å². The lowest BCUT2D eigenvalue weighted by Gasteiger charge is -2.13. The van der Waals surface area contributed by atoms with Crippen molar-refractivity contribution in [1.82, 2.24) is 4.90 Å². The third kappa shape index (κ3) is 7.52. The van der Waals surface area contributed by atoms with Gasteiger partial charge in [0.2, 0.25) is 5.91 Å². The minimum atomic E-state index is -0.599. The molecule has 0 atom stereocenters. The van der Waals surface area contributed by atoms with Crippen LogP contribution in [0.2, 0.25) is 0 Å². The molecule has 0 bridgehead atoms. The van der Waals surface area contributed by atoms with Gasteiger partial charge in [-0.25, -0.2) is 0 Å². The standard InChI is InChI=1S/C29H26N4O8S/c1-17-9-18(2)11-21(10-17)31-26(34)15-32-28(36)25(42-29(32)37)13-19-7-8-23(24(12-19)40-3)41-16-27(35)30-20-5-4-6-22(14-20)33(38)39/h4-14H,15-16H2,1-3H3,(H,30,35)(H,31,34)/b25-13-. The molecule has 2 N–H and O–H groups in total. The number of nitro benzene ring substituents is 1. The summed E-state index contributed by atoms with van der Waals surface area (Å²) < 4.78 is 10.9. The zero-order valence-corrected chi connectivity index (χ0v) is 23.7. The summed E-state index contributed by atoms with van der Waals surface area (Å²) in [6, 6.07) is 15.8. The van der Waals surface area contributed by atoms with Crippen molar-refractivity contribution in [2.45, 2.75) is 13.8 Å². The second-order valence-corrected chi connectivity index (χ2v) is 10.2. The number of rotatable bonds is 10. The van der Waals surface area contributed by atoms with Gasteiger partial charge in [-0.3, -0.25) is 34.2 Å². The number of hydrogen-bond acceptors (Lipinski definition) is 9. The summed E-state index contributed by atoms with van der Waals surface area (Å²) in [7, 11) is 1.40. The van der Waals surface area contributed by atoms with Gasteiger partial charge in [0.25, 0.3) is 22.7 Å². The van der Waals surface area contributed by atoms with Gasteiger partial charge < -0.3 is 20.1 Å². The van der Waals surface area contributed by atoms with Crippen molar-refractivity contribution in [3.05, 3.63) is 92.4 Å². The van der Waals surface area contributed by atoms with E-state index in [1.807, 2.05) is 19.9 Å². The zero-order chi connectivity index (χ0) is 30.4. The van der Waals surface area contributed by atoms with E-state index < -0.39 is 41.0 Å². The fourth-order valence-electron chi connectivity index (χ4n) is 4.11. The number of carbonyl (C=O) groups is 4. The van der Waals surface area contributed by atoms with Gasteiger partial charge in [0.1, 0.15) is 6.54 Å². The average molecular weight is 591 g/mol. The molecule has 1 aliphatic heterocycles. The number of aryl methyl sites for hydroxylation is 2. The summed E-state index contributed by atoms with van der Waals surface area (Å²) in [6.45, 7) is 2.97. The first kappa shape index (κ1) is 29.8. The summed E-state index contributed by atoms with van der Waals surface area (Å²) in [6.07, 6.45) is 1.49. The topological polar surface area (TPSA) is 157 Å². The SMILES string of the molecule is COc1cc(/C=C2\SC(=O)N(CC(=O)Nc3cc(C)cc(C)c3)C2=O)ccc1OCC(=O)Nc1cccc([N+](=O)[O-])c1. The summed E-state index contributed by atoms with van der Waals surface area (Å²) >= 11 is 0.717. The molecule has 3 aromatic rings. The summed E-state index contributed by atoms with van der Waals surface area (Å²) in [4.78, 5) is 61.7. The first-order chi connectivity index (χ1) is 20.0. The maximum Gasteiger partial charge on any atom is 0.294 e. The van der Waals surface area contributed by atoms with Gasteiger partial charge in [-0.05, 0) is 78.7 Å². The highest BCUT2D eigenvalue weighted by molar-refractivity contribution is 8.18. The largest absolute Gasteiger partial charge is 0.493 e. The van der Waals surface area contributed by atoms with Crippen molar-refractivity contribution in [2.24, 2.45) is 0 Å². The van der Waals surface area contributed by atoms with Crippen molar-refractivity contribution in [3.63, 3.8) is 0 Å². The summed E-state index contributed by atoms with van der Waals surface area (Å²) in [5, 5.41) is 15.6. The molecule has 0 radical (unpaired) electrons. The van der Waals surface area contributed by atoms with Gasteiger partial charge in [0, 0.05) is 23.5 Å². The lowest BCUT2D eigenvalue weighted by molar-refractivity contribution is -0.384. The molecule has 1 aliphatic rings. The number of anilines is 2. The molecule has 1 heterocycles.